The van der Waals surface area contributed by atoms with Gasteiger partial charge in [0.1, 0.15) is 0 Å². The Morgan fingerprint density at radius 3 is 2.32 bits per heavy atom. The number of hydrogen-bond donors (Lipinski definition) is 0. The van der Waals surface area contributed by atoms with Crippen LogP contribution in [0.2, 0.25) is 0 Å². The highest BCUT2D eigenvalue weighted by atomic mass is 14.2. The molecule has 0 N–H and O–H groups in total. The van der Waals surface area contributed by atoms with Crippen molar-refractivity contribution in [2.45, 2.75) is 80.1 Å². The average molecular weight is 453 g/mol. The Bertz CT molecular complexity index is 1120. The highest BCUT2D eigenvalue weighted by Crippen LogP contribution is 2.40. The molecule has 0 saturated carbocycles. The van der Waals surface area contributed by atoms with Gasteiger partial charge in [-0.1, -0.05) is 119 Å². The third kappa shape index (κ3) is 6.83. The average Bonchev–Trinajstić information content (AvgIpc) is 2.88. The maximum absolute atomic E-state index is 3.51. The molecular formula is C34H44. The summed E-state index contributed by atoms with van der Waals surface area (Å²) in [6, 6.07) is 20.6. The smallest absolute Gasteiger partial charge is 0.0146 e. The van der Waals surface area contributed by atoms with Gasteiger partial charge >= 0.3 is 0 Å². The van der Waals surface area contributed by atoms with E-state index in [0.717, 1.165) is 19.3 Å². The second kappa shape index (κ2) is 14.4. The normalized spacial score (nSPS) is 12.5. The van der Waals surface area contributed by atoms with E-state index in [0.29, 0.717) is 0 Å². The highest BCUT2D eigenvalue weighted by molar-refractivity contribution is 5.99. The second-order valence-corrected chi connectivity index (χ2v) is 8.75. The molecule has 0 aliphatic heterocycles. The van der Waals surface area contributed by atoms with Gasteiger partial charge in [-0.3, -0.25) is 0 Å². The van der Waals surface area contributed by atoms with E-state index in [1.807, 2.05) is 19.9 Å². The Hall–Kier alpha value is -2.86. The van der Waals surface area contributed by atoms with E-state index >= 15 is 0 Å². The zero-order valence-corrected chi connectivity index (χ0v) is 22.4. The Labute approximate surface area is 209 Å². The molecule has 0 saturated heterocycles. The van der Waals surface area contributed by atoms with Crippen molar-refractivity contribution in [2.75, 3.05) is 0 Å². The van der Waals surface area contributed by atoms with Gasteiger partial charge in [0.2, 0.25) is 0 Å². The van der Waals surface area contributed by atoms with Crippen LogP contribution in [-0.2, 0) is 12.8 Å². The predicted octanol–water partition coefficient (Wildman–Crippen LogP) is 10.5. The molecule has 0 bridgehead atoms. The molecule has 3 aromatic rings. The molecule has 0 nitrogen and oxygen atoms in total. The molecule has 1 aliphatic carbocycles. The van der Waals surface area contributed by atoms with Gasteiger partial charge in [0.25, 0.3) is 0 Å². The number of fused-ring (bicyclic) bond motifs is 3. The first-order valence-corrected chi connectivity index (χ1v) is 13.2. The van der Waals surface area contributed by atoms with E-state index in [4.69, 9.17) is 0 Å². The Morgan fingerprint density at radius 2 is 1.65 bits per heavy atom. The summed E-state index contributed by atoms with van der Waals surface area (Å²) in [5.41, 5.74) is 10.3. The molecule has 0 spiro atoms. The molecule has 0 amide bonds. The standard InChI is InChI=1S/C26H28.C6H10.C2H6/c1-4-5-8-20-9-6-7-10-24(20)22-15-16-26-23(19(22)3)14-12-21-17-18(2)11-13-25(21)26;1-3-5-6-4-2;1-2/h6-7,9-14,17H,4-5,8,15-16H2,1-3H3;3,5-6H,1,4H2,2H3;1-2H3/b;6-5+;. The third-order valence-corrected chi connectivity index (χ3v) is 6.42. The largest absolute Gasteiger partial charge is 0.0991 e. The molecule has 0 heterocycles. The van der Waals surface area contributed by atoms with Crippen LogP contribution in [0.25, 0.3) is 21.9 Å². The Morgan fingerprint density at radius 1 is 0.882 bits per heavy atom. The molecule has 0 heteroatoms. The first kappa shape index (κ1) is 27.4. The van der Waals surface area contributed by atoms with Gasteiger partial charge in [-0.2, -0.15) is 0 Å². The van der Waals surface area contributed by atoms with Crippen LogP contribution in [0.5, 0.6) is 0 Å². The number of rotatable bonds is 6. The summed E-state index contributed by atoms with van der Waals surface area (Å²) in [5.74, 6) is 0. The first-order chi connectivity index (χ1) is 16.6. The lowest BCUT2D eigenvalue weighted by molar-refractivity contribution is 0.792. The van der Waals surface area contributed by atoms with Crippen molar-refractivity contribution < 1.29 is 0 Å². The molecule has 0 aromatic heterocycles. The third-order valence-electron chi connectivity index (χ3n) is 6.42. The van der Waals surface area contributed by atoms with Crippen molar-refractivity contribution in [3.8, 4) is 0 Å². The van der Waals surface area contributed by atoms with E-state index in [1.54, 1.807) is 11.6 Å². The van der Waals surface area contributed by atoms with Gasteiger partial charge in [0.15, 0.2) is 0 Å². The number of unbranched alkanes of at least 4 members (excludes halogenated alkanes) is 1. The van der Waals surface area contributed by atoms with Crippen LogP contribution in [0.4, 0.5) is 0 Å². The maximum Gasteiger partial charge on any atom is -0.0146 e. The molecule has 0 unspecified atom stereocenters. The lowest BCUT2D eigenvalue weighted by Crippen LogP contribution is -2.06. The Kier molecular flexibility index (Phi) is 11.6. The summed E-state index contributed by atoms with van der Waals surface area (Å²) in [7, 11) is 0. The second-order valence-electron chi connectivity index (χ2n) is 8.75. The van der Waals surface area contributed by atoms with E-state index in [1.165, 1.54) is 63.4 Å². The van der Waals surface area contributed by atoms with Crippen molar-refractivity contribution in [3.63, 3.8) is 0 Å². The SMILES string of the molecule is C=C/C=C/CC.CC.CCCCc1ccccc1C1=C(C)c2ccc3cc(C)ccc3c2CC1. The summed E-state index contributed by atoms with van der Waals surface area (Å²) < 4.78 is 0. The summed E-state index contributed by atoms with van der Waals surface area (Å²) in [4.78, 5) is 0. The van der Waals surface area contributed by atoms with Crippen LogP contribution in [0.15, 0.2) is 79.4 Å². The molecule has 0 fully saturated rings. The fourth-order valence-corrected chi connectivity index (χ4v) is 4.70. The van der Waals surface area contributed by atoms with E-state index < -0.39 is 0 Å². The molecule has 0 radical (unpaired) electrons. The minimum Gasteiger partial charge on any atom is -0.0991 e. The fourth-order valence-electron chi connectivity index (χ4n) is 4.70. The van der Waals surface area contributed by atoms with Gasteiger partial charge in [0.05, 0.1) is 0 Å². The highest BCUT2D eigenvalue weighted by Gasteiger charge is 2.20. The van der Waals surface area contributed by atoms with Crippen LogP contribution >= 0.6 is 0 Å². The van der Waals surface area contributed by atoms with Crippen molar-refractivity contribution in [1.82, 2.24) is 0 Å². The van der Waals surface area contributed by atoms with Gasteiger partial charge in [-0.25, -0.2) is 0 Å². The lowest BCUT2D eigenvalue weighted by Gasteiger charge is -2.25. The molecule has 4 rings (SSSR count). The quantitative estimate of drug-likeness (QED) is 0.326. The molecule has 180 valence electrons. The van der Waals surface area contributed by atoms with E-state index in [-0.39, 0.29) is 0 Å². The number of aryl methyl sites for hydroxylation is 3. The summed E-state index contributed by atoms with van der Waals surface area (Å²) in [5, 5.41) is 2.81. The number of benzene rings is 3. The monoisotopic (exact) mass is 452 g/mol. The van der Waals surface area contributed by atoms with Crippen LogP contribution in [0, 0.1) is 6.92 Å². The van der Waals surface area contributed by atoms with Crippen LogP contribution in [-0.4, -0.2) is 0 Å². The zero-order chi connectivity index (χ0) is 24.9. The molecule has 0 atom stereocenters. The maximum atomic E-state index is 3.51. The molecule has 34 heavy (non-hydrogen) atoms. The predicted molar refractivity (Wildman–Crippen MR) is 156 cm³/mol. The van der Waals surface area contributed by atoms with Gasteiger partial charge in [-0.15, -0.1) is 0 Å². The summed E-state index contributed by atoms with van der Waals surface area (Å²) in [6.45, 7) is 16.4. The van der Waals surface area contributed by atoms with Crippen molar-refractivity contribution in [3.05, 3.63) is 107 Å². The molecular weight excluding hydrogens is 408 g/mol. The Balaban J connectivity index is 0.000000447. The lowest BCUT2D eigenvalue weighted by atomic mass is 9.80. The topological polar surface area (TPSA) is 0 Å². The molecule has 1 aliphatic rings. The number of allylic oxidation sites excluding steroid dienone is 5. The van der Waals surface area contributed by atoms with Gasteiger partial charge in [0, 0.05) is 0 Å². The number of hydrogen-bond acceptors (Lipinski definition) is 0. The summed E-state index contributed by atoms with van der Waals surface area (Å²) >= 11 is 0. The van der Waals surface area contributed by atoms with Gasteiger partial charge in [-0.05, 0) is 90.1 Å². The van der Waals surface area contributed by atoms with E-state index in [2.05, 4.69) is 94.9 Å². The van der Waals surface area contributed by atoms with Gasteiger partial charge < -0.3 is 0 Å². The minimum atomic E-state index is 1.10. The summed E-state index contributed by atoms with van der Waals surface area (Å²) in [6.07, 6.45) is 12.9. The fraction of sp³-hybridized carbons (Fsp3) is 0.353. The zero-order valence-electron chi connectivity index (χ0n) is 22.4. The van der Waals surface area contributed by atoms with Crippen LogP contribution in [0.1, 0.15) is 88.1 Å². The minimum absolute atomic E-state index is 1.10. The first-order valence-electron chi connectivity index (χ1n) is 13.2. The van der Waals surface area contributed by atoms with Crippen LogP contribution in [0.3, 0.4) is 0 Å². The van der Waals surface area contributed by atoms with Crippen LogP contribution < -0.4 is 0 Å². The van der Waals surface area contributed by atoms with Crippen molar-refractivity contribution in [1.29, 1.82) is 0 Å². The van der Waals surface area contributed by atoms with Crippen molar-refractivity contribution >= 4 is 21.9 Å². The van der Waals surface area contributed by atoms with E-state index in [9.17, 15) is 0 Å². The van der Waals surface area contributed by atoms with Crippen molar-refractivity contribution in [2.24, 2.45) is 0 Å². The molecule has 3 aromatic carbocycles.